The molecule has 0 unspecified atom stereocenters. The zero-order chi connectivity index (χ0) is 15.5. The van der Waals surface area contributed by atoms with Gasteiger partial charge < -0.3 is 10.1 Å². The van der Waals surface area contributed by atoms with Crippen LogP contribution in [0.3, 0.4) is 0 Å². The fourth-order valence-electron chi connectivity index (χ4n) is 2.08. The molecule has 2 N–H and O–H groups in total. The Balaban J connectivity index is 2.13. The molecule has 1 aromatic carbocycles. The molecule has 21 heavy (non-hydrogen) atoms. The quantitative estimate of drug-likeness (QED) is 0.883. The molecule has 1 aliphatic rings. The minimum absolute atomic E-state index is 0.255. The van der Waals surface area contributed by atoms with Gasteiger partial charge in [-0.15, -0.1) is 13.2 Å². The van der Waals surface area contributed by atoms with E-state index in [-0.39, 0.29) is 10.9 Å². The topological polar surface area (TPSA) is 67.4 Å². The van der Waals surface area contributed by atoms with E-state index in [1.54, 1.807) is 0 Å². The Hall–Kier alpha value is -1.32. The summed E-state index contributed by atoms with van der Waals surface area (Å²) in [5, 5.41) is 3.05. The fourth-order valence-corrected chi connectivity index (χ4v) is 3.38. The first-order valence-electron chi connectivity index (χ1n) is 6.35. The maximum atomic E-state index is 12.1. The van der Waals surface area contributed by atoms with Crippen molar-refractivity contribution in [3.05, 3.63) is 24.3 Å². The van der Waals surface area contributed by atoms with E-state index in [1.807, 2.05) is 0 Å². The third-order valence-electron chi connectivity index (χ3n) is 2.97. The van der Waals surface area contributed by atoms with Gasteiger partial charge in [0.25, 0.3) is 0 Å². The third kappa shape index (κ3) is 4.87. The Morgan fingerprint density at radius 1 is 1.33 bits per heavy atom. The van der Waals surface area contributed by atoms with E-state index < -0.39 is 22.1 Å². The van der Waals surface area contributed by atoms with Crippen LogP contribution in [0.15, 0.2) is 29.2 Å². The van der Waals surface area contributed by atoms with Crippen molar-refractivity contribution in [3.8, 4) is 5.75 Å². The molecule has 0 aromatic heterocycles. The first-order valence-corrected chi connectivity index (χ1v) is 7.83. The van der Waals surface area contributed by atoms with Crippen LogP contribution in [0.5, 0.6) is 5.75 Å². The van der Waals surface area contributed by atoms with Crippen molar-refractivity contribution in [1.29, 1.82) is 0 Å². The lowest BCUT2D eigenvalue weighted by atomic mass is 10.1. The Kier molecular flexibility index (Phi) is 4.74. The van der Waals surface area contributed by atoms with E-state index in [0.717, 1.165) is 25.1 Å². The van der Waals surface area contributed by atoms with Crippen LogP contribution in [-0.4, -0.2) is 33.9 Å². The van der Waals surface area contributed by atoms with E-state index in [9.17, 15) is 21.6 Å². The van der Waals surface area contributed by atoms with E-state index in [4.69, 9.17) is 0 Å². The van der Waals surface area contributed by atoms with Crippen LogP contribution in [0, 0.1) is 0 Å². The Morgan fingerprint density at radius 2 is 2.10 bits per heavy atom. The predicted octanol–water partition coefficient (Wildman–Crippen LogP) is 1.62. The van der Waals surface area contributed by atoms with Gasteiger partial charge in [-0.3, -0.25) is 0 Å². The molecular formula is C12H15F3N2O3S. The van der Waals surface area contributed by atoms with E-state index in [2.05, 4.69) is 14.8 Å². The monoisotopic (exact) mass is 324 g/mol. The van der Waals surface area contributed by atoms with Crippen molar-refractivity contribution in [3.63, 3.8) is 0 Å². The average molecular weight is 324 g/mol. The number of piperidine rings is 1. The number of alkyl halides is 3. The number of hydrogen-bond acceptors (Lipinski definition) is 4. The van der Waals surface area contributed by atoms with Gasteiger partial charge in [-0.25, -0.2) is 13.1 Å². The number of rotatable bonds is 4. The fraction of sp³-hybridized carbons (Fsp3) is 0.500. The molecule has 1 fully saturated rings. The van der Waals surface area contributed by atoms with Crippen LogP contribution >= 0.6 is 0 Å². The van der Waals surface area contributed by atoms with Gasteiger partial charge in [-0.05, 0) is 31.5 Å². The molecule has 1 atom stereocenters. The molecule has 118 valence electrons. The molecule has 0 saturated carbocycles. The molecule has 2 rings (SSSR count). The zero-order valence-electron chi connectivity index (χ0n) is 11.0. The predicted molar refractivity (Wildman–Crippen MR) is 69.3 cm³/mol. The summed E-state index contributed by atoms with van der Waals surface area (Å²) in [6.07, 6.45) is -3.33. The molecule has 1 saturated heterocycles. The third-order valence-corrected chi connectivity index (χ3v) is 4.49. The summed E-state index contributed by atoms with van der Waals surface area (Å²) in [5.41, 5.74) is 0. The zero-order valence-corrected chi connectivity index (χ0v) is 11.8. The highest BCUT2D eigenvalue weighted by Crippen LogP contribution is 2.25. The number of hydrogen-bond donors (Lipinski definition) is 2. The van der Waals surface area contributed by atoms with Crippen molar-refractivity contribution < 1.29 is 26.3 Å². The largest absolute Gasteiger partial charge is 0.573 e. The van der Waals surface area contributed by atoms with Gasteiger partial charge in [0, 0.05) is 18.7 Å². The Bertz CT molecular complexity index is 584. The second-order valence-corrected chi connectivity index (χ2v) is 6.40. The van der Waals surface area contributed by atoms with E-state index in [0.29, 0.717) is 13.0 Å². The number of benzene rings is 1. The molecule has 0 aliphatic carbocycles. The molecule has 0 spiro atoms. The van der Waals surface area contributed by atoms with Crippen molar-refractivity contribution in [2.75, 3.05) is 13.1 Å². The van der Waals surface area contributed by atoms with Gasteiger partial charge in [0.2, 0.25) is 10.0 Å². The second kappa shape index (κ2) is 6.20. The van der Waals surface area contributed by atoms with Gasteiger partial charge in [0.15, 0.2) is 0 Å². The first-order chi connectivity index (χ1) is 9.76. The Labute approximate surface area is 120 Å². The lowest BCUT2D eigenvalue weighted by molar-refractivity contribution is -0.274. The van der Waals surface area contributed by atoms with Crippen LogP contribution in [0.25, 0.3) is 0 Å². The number of ether oxygens (including phenoxy) is 1. The summed E-state index contributed by atoms with van der Waals surface area (Å²) in [4.78, 5) is -0.255. The standard InChI is InChI=1S/C12H15F3N2O3S/c13-12(14,15)20-10-4-1-5-11(7-10)21(18,19)17-9-3-2-6-16-8-9/h1,4-5,7,9,16-17H,2-3,6,8H2/t9-/m0/s1. The van der Waals surface area contributed by atoms with Gasteiger partial charge in [0.05, 0.1) is 4.90 Å². The lowest BCUT2D eigenvalue weighted by Gasteiger charge is -2.23. The summed E-state index contributed by atoms with van der Waals surface area (Å²) in [6.45, 7) is 1.32. The molecule has 0 amide bonds. The van der Waals surface area contributed by atoms with E-state index in [1.165, 1.54) is 12.1 Å². The van der Waals surface area contributed by atoms with E-state index >= 15 is 0 Å². The van der Waals surface area contributed by atoms with Crippen LogP contribution < -0.4 is 14.8 Å². The highest BCUT2D eigenvalue weighted by atomic mass is 32.2. The van der Waals surface area contributed by atoms with Crippen molar-refractivity contribution in [1.82, 2.24) is 10.0 Å². The van der Waals surface area contributed by atoms with Gasteiger partial charge >= 0.3 is 6.36 Å². The molecule has 5 nitrogen and oxygen atoms in total. The summed E-state index contributed by atoms with van der Waals surface area (Å²) in [5.74, 6) is -0.563. The van der Waals surface area contributed by atoms with Gasteiger partial charge in [-0.2, -0.15) is 0 Å². The number of sulfonamides is 1. The van der Waals surface area contributed by atoms with Crippen molar-refractivity contribution >= 4 is 10.0 Å². The summed E-state index contributed by atoms with van der Waals surface area (Å²) >= 11 is 0. The molecule has 0 radical (unpaired) electrons. The molecule has 1 heterocycles. The van der Waals surface area contributed by atoms with Gasteiger partial charge in [-0.1, -0.05) is 6.07 Å². The van der Waals surface area contributed by atoms with Crippen LogP contribution in [-0.2, 0) is 10.0 Å². The van der Waals surface area contributed by atoms with Crippen LogP contribution in [0.4, 0.5) is 13.2 Å². The highest BCUT2D eigenvalue weighted by Gasteiger charge is 2.31. The number of halogens is 3. The second-order valence-electron chi connectivity index (χ2n) is 4.69. The lowest BCUT2D eigenvalue weighted by Crippen LogP contribution is -2.45. The number of nitrogens with one attached hydrogen (secondary N) is 2. The minimum atomic E-state index is -4.86. The Morgan fingerprint density at radius 3 is 2.71 bits per heavy atom. The van der Waals surface area contributed by atoms with Crippen LogP contribution in [0.2, 0.25) is 0 Å². The van der Waals surface area contributed by atoms with Crippen LogP contribution in [0.1, 0.15) is 12.8 Å². The molecule has 9 heteroatoms. The summed E-state index contributed by atoms with van der Waals surface area (Å²) in [7, 11) is -3.88. The maximum Gasteiger partial charge on any atom is 0.573 e. The average Bonchev–Trinajstić information content (AvgIpc) is 2.37. The SMILES string of the molecule is O=S(=O)(N[C@H]1CCCNC1)c1cccc(OC(F)(F)F)c1. The smallest absolute Gasteiger partial charge is 0.406 e. The maximum absolute atomic E-state index is 12.1. The summed E-state index contributed by atoms with van der Waals surface area (Å²) < 4.78 is 66.9. The highest BCUT2D eigenvalue weighted by molar-refractivity contribution is 7.89. The normalized spacial score (nSPS) is 20.2. The van der Waals surface area contributed by atoms with Crippen molar-refractivity contribution in [2.45, 2.75) is 30.1 Å². The first kappa shape index (κ1) is 16.1. The molecule has 1 aromatic rings. The molecule has 1 aliphatic heterocycles. The summed E-state index contributed by atoms with van der Waals surface area (Å²) in [6, 6.07) is 4.06. The van der Waals surface area contributed by atoms with Gasteiger partial charge in [0.1, 0.15) is 5.75 Å². The molecular weight excluding hydrogens is 309 g/mol. The van der Waals surface area contributed by atoms with Crippen molar-refractivity contribution in [2.24, 2.45) is 0 Å². The molecule has 0 bridgehead atoms. The minimum Gasteiger partial charge on any atom is -0.406 e.